The summed E-state index contributed by atoms with van der Waals surface area (Å²) < 4.78 is 11.9. The highest BCUT2D eigenvalue weighted by atomic mass is 16.5. The molecule has 2 aliphatic carbocycles. The summed E-state index contributed by atoms with van der Waals surface area (Å²) in [6, 6.07) is 6.00. The van der Waals surface area contributed by atoms with E-state index < -0.39 is 0 Å². The third kappa shape index (κ3) is 3.07. The number of furan rings is 1. The van der Waals surface area contributed by atoms with E-state index in [-0.39, 0.29) is 23.5 Å². The van der Waals surface area contributed by atoms with Crippen molar-refractivity contribution >= 4 is 12.0 Å². The van der Waals surface area contributed by atoms with E-state index in [1.165, 1.54) is 5.56 Å². The summed E-state index contributed by atoms with van der Waals surface area (Å²) in [4.78, 5) is 18.1. The molecule has 1 N–H and O–H groups in total. The molecule has 5 atom stereocenters. The molecular weight excluding hydrogens is 428 g/mol. The second-order valence-corrected chi connectivity index (χ2v) is 11.0. The topological polar surface area (TPSA) is 66.2 Å². The summed E-state index contributed by atoms with van der Waals surface area (Å²) in [5, 5.41) is 10.8. The maximum Gasteiger partial charge on any atom is 0.246 e. The molecule has 3 heterocycles. The van der Waals surface area contributed by atoms with Crippen molar-refractivity contribution in [3.8, 4) is 11.5 Å². The van der Waals surface area contributed by atoms with Gasteiger partial charge in [0.25, 0.3) is 0 Å². The summed E-state index contributed by atoms with van der Waals surface area (Å²) in [7, 11) is 2.22. The Morgan fingerprint density at radius 1 is 1.32 bits per heavy atom. The van der Waals surface area contributed by atoms with Gasteiger partial charge in [-0.25, -0.2) is 0 Å². The van der Waals surface area contributed by atoms with Gasteiger partial charge in [0.1, 0.15) is 17.6 Å². The van der Waals surface area contributed by atoms with Gasteiger partial charge in [-0.15, -0.1) is 0 Å². The van der Waals surface area contributed by atoms with Crippen LogP contribution in [-0.2, 0) is 16.6 Å². The zero-order chi connectivity index (χ0) is 23.6. The maximum absolute atomic E-state index is 13.6. The lowest BCUT2D eigenvalue weighted by molar-refractivity contribution is -0.138. The Labute approximate surface area is 201 Å². The predicted molar refractivity (Wildman–Crippen MR) is 130 cm³/mol. The monoisotopic (exact) mass is 462 g/mol. The number of amides is 1. The lowest BCUT2D eigenvalue weighted by Gasteiger charge is -2.60. The number of carbonyl (C=O) groups excluding carboxylic acids is 1. The number of likely N-dealkylation sites (N-methyl/N-ethyl adjacent to an activating group) is 1. The molecule has 180 valence electrons. The van der Waals surface area contributed by atoms with Gasteiger partial charge in [-0.3, -0.25) is 4.79 Å². The van der Waals surface area contributed by atoms with Gasteiger partial charge in [0.05, 0.1) is 18.6 Å². The summed E-state index contributed by atoms with van der Waals surface area (Å²) in [5.74, 6) is 2.17. The predicted octanol–water partition coefficient (Wildman–Crippen LogP) is 4.22. The number of phenolic OH excluding ortho intramolecular Hbond substituents is 1. The number of piperidine rings is 1. The van der Waals surface area contributed by atoms with Crippen LogP contribution in [0.5, 0.6) is 11.5 Å². The number of phenols is 1. The number of likely N-dealkylation sites (tertiary alicyclic amines) is 1. The van der Waals surface area contributed by atoms with Crippen LogP contribution in [0.25, 0.3) is 6.08 Å². The van der Waals surface area contributed by atoms with Crippen molar-refractivity contribution in [3.05, 3.63) is 53.5 Å². The van der Waals surface area contributed by atoms with Crippen molar-refractivity contribution < 1.29 is 19.1 Å². The average molecular weight is 463 g/mol. The Morgan fingerprint density at radius 3 is 2.94 bits per heavy atom. The zero-order valence-corrected chi connectivity index (χ0v) is 20.2. The Kier molecular flexibility index (Phi) is 5.07. The zero-order valence-electron chi connectivity index (χ0n) is 20.2. The van der Waals surface area contributed by atoms with Crippen LogP contribution in [-0.4, -0.2) is 59.1 Å². The van der Waals surface area contributed by atoms with Crippen molar-refractivity contribution in [1.29, 1.82) is 0 Å². The number of benzene rings is 1. The van der Waals surface area contributed by atoms with E-state index >= 15 is 0 Å². The number of rotatable bonds is 5. The molecule has 0 unspecified atom stereocenters. The number of hydrogen-bond acceptors (Lipinski definition) is 5. The molecule has 1 aromatic heterocycles. The molecule has 6 nitrogen and oxygen atoms in total. The van der Waals surface area contributed by atoms with E-state index in [1.807, 2.05) is 18.2 Å². The Balaban J connectivity index is 1.41. The van der Waals surface area contributed by atoms with Gasteiger partial charge in [-0.1, -0.05) is 13.8 Å². The normalized spacial score (nSPS) is 31.5. The van der Waals surface area contributed by atoms with Crippen LogP contribution in [0, 0.1) is 11.8 Å². The fraction of sp³-hybridized carbons (Fsp3) is 0.536. The van der Waals surface area contributed by atoms with Crippen LogP contribution >= 0.6 is 0 Å². The molecule has 1 aromatic carbocycles. The van der Waals surface area contributed by atoms with Crippen molar-refractivity contribution in [1.82, 2.24) is 9.80 Å². The molecule has 0 radical (unpaired) electrons. The average Bonchev–Trinajstić information content (AvgIpc) is 3.45. The molecule has 1 spiro atoms. The number of hydrogen-bond donors (Lipinski definition) is 1. The number of ether oxygens (including phenoxy) is 1. The first kappa shape index (κ1) is 21.8. The van der Waals surface area contributed by atoms with Crippen LogP contribution in [0.2, 0.25) is 0 Å². The van der Waals surface area contributed by atoms with Crippen LogP contribution in [0.3, 0.4) is 0 Å². The van der Waals surface area contributed by atoms with E-state index in [9.17, 15) is 9.90 Å². The molecule has 1 saturated heterocycles. The van der Waals surface area contributed by atoms with E-state index in [2.05, 4.69) is 30.7 Å². The second kappa shape index (κ2) is 7.91. The Bertz CT molecular complexity index is 1120. The first-order valence-electron chi connectivity index (χ1n) is 12.6. The molecule has 6 heteroatoms. The quantitative estimate of drug-likeness (QED) is 0.674. The number of carbonyl (C=O) groups is 1. The SMILES string of the molecule is CC(C)CN(C(=O)/C=C/c1ccoc1)[C@@H]1CC[C@H]2[C@H]3Cc4c(O)ccc5c4[C@@]2(CCN3C)[C@H]1O5. The Morgan fingerprint density at radius 2 is 2.18 bits per heavy atom. The molecule has 2 aliphatic heterocycles. The minimum atomic E-state index is -0.133. The molecule has 4 aliphatic rings. The second-order valence-electron chi connectivity index (χ2n) is 11.0. The molecule has 2 aromatic rings. The van der Waals surface area contributed by atoms with Crippen molar-refractivity contribution in [3.63, 3.8) is 0 Å². The standard InChI is InChI=1S/C28H34N2O4/c1-17(2)15-30(25(32)9-4-18-10-13-33-16-18)21-6-5-20-22-14-19-23(31)7-8-24-26(19)28(20,27(21)34-24)11-12-29(22)3/h4,7-10,13,16-17,20-22,27,31H,5-6,11-12,14-15H2,1-3H3/b9-4+/t20-,21+,22+,27-,28-/m0/s1. The lowest BCUT2D eigenvalue weighted by Crippen LogP contribution is -2.68. The summed E-state index contributed by atoms with van der Waals surface area (Å²) in [6.45, 7) is 6.03. The summed E-state index contributed by atoms with van der Waals surface area (Å²) in [5.41, 5.74) is 3.05. The molecule has 6 rings (SSSR count). The van der Waals surface area contributed by atoms with Gasteiger partial charge in [-0.2, -0.15) is 0 Å². The lowest BCUT2D eigenvalue weighted by atomic mass is 9.51. The highest BCUT2D eigenvalue weighted by molar-refractivity contribution is 5.92. The Hall–Kier alpha value is -2.73. The van der Waals surface area contributed by atoms with Crippen LogP contribution in [0.1, 0.15) is 49.8 Å². The van der Waals surface area contributed by atoms with Gasteiger partial charge in [0.2, 0.25) is 5.91 Å². The van der Waals surface area contributed by atoms with E-state index in [4.69, 9.17) is 9.15 Å². The van der Waals surface area contributed by atoms with Crippen molar-refractivity contribution in [2.75, 3.05) is 20.1 Å². The third-order valence-corrected chi connectivity index (χ3v) is 8.79. The molecule has 2 bridgehead atoms. The molecule has 1 amide bonds. The smallest absolute Gasteiger partial charge is 0.246 e. The van der Waals surface area contributed by atoms with E-state index in [0.29, 0.717) is 30.2 Å². The first-order chi connectivity index (χ1) is 16.4. The molecule has 34 heavy (non-hydrogen) atoms. The highest BCUT2D eigenvalue weighted by Gasteiger charge is 2.66. The van der Waals surface area contributed by atoms with Crippen molar-refractivity contribution in [2.45, 2.75) is 63.1 Å². The van der Waals surface area contributed by atoms with Gasteiger partial charge >= 0.3 is 0 Å². The van der Waals surface area contributed by atoms with Gasteiger partial charge in [-0.05, 0) is 75.4 Å². The minimum absolute atomic E-state index is 0.00435. The van der Waals surface area contributed by atoms with E-state index in [0.717, 1.165) is 49.1 Å². The third-order valence-electron chi connectivity index (χ3n) is 8.79. The van der Waals surface area contributed by atoms with Gasteiger partial charge in [0.15, 0.2) is 0 Å². The van der Waals surface area contributed by atoms with Crippen LogP contribution in [0.15, 0.2) is 41.2 Å². The van der Waals surface area contributed by atoms with Crippen molar-refractivity contribution in [2.24, 2.45) is 11.8 Å². The van der Waals surface area contributed by atoms with Crippen LogP contribution < -0.4 is 4.74 Å². The fourth-order valence-electron chi connectivity index (χ4n) is 7.46. The summed E-state index contributed by atoms with van der Waals surface area (Å²) in [6.07, 6.45) is 10.6. The minimum Gasteiger partial charge on any atom is -0.508 e. The first-order valence-corrected chi connectivity index (χ1v) is 12.6. The number of aromatic hydroxyl groups is 1. The van der Waals surface area contributed by atoms with Gasteiger partial charge < -0.3 is 24.1 Å². The van der Waals surface area contributed by atoms with Gasteiger partial charge in [0, 0.05) is 40.8 Å². The maximum atomic E-state index is 13.6. The largest absolute Gasteiger partial charge is 0.508 e. The van der Waals surface area contributed by atoms with E-state index in [1.54, 1.807) is 24.7 Å². The highest BCUT2D eigenvalue weighted by Crippen LogP contribution is 2.63. The summed E-state index contributed by atoms with van der Waals surface area (Å²) >= 11 is 0. The number of nitrogens with zero attached hydrogens (tertiary/aromatic N) is 2. The van der Waals surface area contributed by atoms with Crippen LogP contribution in [0.4, 0.5) is 0 Å². The molecule has 1 saturated carbocycles. The fourth-order valence-corrected chi connectivity index (χ4v) is 7.46. The molecular formula is C28H34N2O4. The molecule has 2 fully saturated rings.